The predicted octanol–water partition coefficient (Wildman–Crippen LogP) is 3.17. The normalized spacial score (nSPS) is 50.3. The molecule has 108 valence electrons. The minimum Gasteiger partial charge on any atom is -0.469 e. The van der Waals surface area contributed by atoms with Crippen LogP contribution in [0.1, 0.15) is 53.4 Å². The van der Waals surface area contributed by atoms with Crippen LogP contribution in [0, 0.1) is 22.7 Å². The lowest BCUT2D eigenvalue weighted by Gasteiger charge is -2.42. The zero-order valence-corrected chi connectivity index (χ0v) is 12.8. The van der Waals surface area contributed by atoms with E-state index in [9.17, 15) is 4.79 Å². The number of fused-ring (bicyclic) bond motifs is 2. The number of carbonyl (C=O) groups excluding carboxylic acids is 1. The highest BCUT2D eigenvalue weighted by Gasteiger charge is 2.79. The summed E-state index contributed by atoms with van der Waals surface area (Å²) in [5.41, 5.74) is 0.405. The van der Waals surface area contributed by atoms with E-state index in [1.807, 2.05) is 0 Å². The number of methoxy groups -OCH3 is 1. The quantitative estimate of drug-likeness (QED) is 0.569. The minimum absolute atomic E-state index is 0.00882. The number of rotatable bonds is 2. The van der Waals surface area contributed by atoms with Crippen LogP contribution in [0.3, 0.4) is 0 Å². The first-order valence-electron chi connectivity index (χ1n) is 7.52. The summed E-state index contributed by atoms with van der Waals surface area (Å²) in [7, 11) is 1.49. The van der Waals surface area contributed by atoms with Gasteiger partial charge in [-0.3, -0.25) is 4.79 Å². The van der Waals surface area contributed by atoms with E-state index in [4.69, 9.17) is 9.47 Å². The molecule has 1 spiro atoms. The van der Waals surface area contributed by atoms with Crippen LogP contribution in [-0.4, -0.2) is 24.8 Å². The summed E-state index contributed by atoms with van der Waals surface area (Å²) in [5, 5.41) is 0. The van der Waals surface area contributed by atoms with E-state index in [1.165, 1.54) is 20.0 Å². The maximum Gasteiger partial charge on any atom is 0.305 e. The van der Waals surface area contributed by atoms with Crippen molar-refractivity contribution in [1.82, 2.24) is 0 Å². The third kappa shape index (κ3) is 1.51. The summed E-state index contributed by atoms with van der Waals surface area (Å²) < 4.78 is 11.1. The molecule has 0 N–H and O–H groups in total. The van der Waals surface area contributed by atoms with E-state index in [2.05, 4.69) is 27.7 Å². The van der Waals surface area contributed by atoms with Crippen LogP contribution in [0.15, 0.2) is 0 Å². The van der Waals surface area contributed by atoms with Crippen molar-refractivity contribution in [2.75, 3.05) is 7.11 Å². The van der Waals surface area contributed by atoms with Crippen molar-refractivity contribution in [2.24, 2.45) is 22.7 Å². The fourth-order valence-electron chi connectivity index (χ4n) is 5.64. The molecule has 0 aromatic heterocycles. The van der Waals surface area contributed by atoms with Crippen LogP contribution in [0.2, 0.25) is 0 Å². The third-order valence-electron chi connectivity index (χ3n) is 6.38. The predicted molar refractivity (Wildman–Crippen MR) is 72.6 cm³/mol. The molecule has 19 heavy (non-hydrogen) atoms. The number of ether oxygens (including phenoxy) is 2. The molecule has 0 amide bonds. The summed E-state index contributed by atoms with van der Waals surface area (Å²) in [6, 6.07) is 0. The molecule has 5 atom stereocenters. The van der Waals surface area contributed by atoms with Gasteiger partial charge in [0, 0.05) is 11.8 Å². The zero-order valence-electron chi connectivity index (χ0n) is 12.8. The molecule has 2 saturated carbocycles. The van der Waals surface area contributed by atoms with Gasteiger partial charge in [-0.2, -0.15) is 0 Å². The monoisotopic (exact) mass is 266 g/mol. The van der Waals surface area contributed by atoms with Gasteiger partial charge in [0.15, 0.2) is 0 Å². The van der Waals surface area contributed by atoms with Gasteiger partial charge in [-0.05, 0) is 43.4 Å². The van der Waals surface area contributed by atoms with E-state index >= 15 is 0 Å². The van der Waals surface area contributed by atoms with Gasteiger partial charge in [0.2, 0.25) is 0 Å². The van der Waals surface area contributed by atoms with Crippen molar-refractivity contribution in [1.29, 1.82) is 0 Å². The first-order chi connectivity index (χ1) is 8.78. The minimum atomic E-state index is -0.0658. The lowest BCUT2D eigenvalue weighted by Crippen LogP contribution is -2.42. The molecule has 3 aliphatic rings. The first kappa shape index (κ1) is 13.4. The van der Waals surface area contributed by atoms with Crippen molar-refractivity contribution >= 4 is 5.97 Å². The summed E-state index contributed by atoms with van der Waals surface area (Å²) in [6.07, 6.45) is 4.47. The topological polar surface area (TPSA) is 38.8 Å². The molecule has 0 aromatic rings. The molecule has 0 unspecified atom stereocenters. The lowest BCUT2D eigenvalue weighted by atomic mass is 9.63. The van der Waals surface area contributed by atoms with E-state index in [0.717, 1.165) is 6.42 Å². The first-order valence-corrected chi connectivity index (χ1v) is 7.52. The summed E-state index contributed by atoms with van der Waals surface area (Å²) in [6.45, 7) is 9.26. The second kappa shape index (κ2) is 3.75. The van der Waals surface area contributed by atoms with Crippen LogP contribution in [0.25, 0.3) is 0 Å². The molecular weight excluding hydrogens is 240 g/mol. The largest absolute Gasteiger partial charge is 0.469 e. The van der Waals surface area contributed by atoms with E-state index in [0.29, 0.717) is 24.4 Å². The average Bonchev–Trinajstić information content (AvgIpc) is 2.92. The second-order valence-corrected chi connectivity index (χ2v) is 7.77. The summed E-state index contributed by atoms with van der Waals surface area (Å²) >= 11 is 0. The Labute approximate surface area is 116 Å². The fraction of sp³-hybridized carbons (Fsp3) is 0.938. The number of carbonyl (C=O) groups is 1. The lowest BCUT2D eigenvalue weighted by molar-refractivity contribution is -0.143. The standard InChI is InChI=1S/C16H26O3/c1-10-6-7-11(8-12(17)18-5)16(10)9-14(2,3)13-15(16,4)19-13/h10-11,13H,6-9H2,1-5H3/t10-,11+,13+,15+,16+/m1/s1. The van der Waals surface area contributed by atoms with Gasteiger partial charge in [-0.25, -0.2) is 0 Å². The van der Waals surface area contributed by atoms with Crippen molar-refractivity contribution in [3.05, 3.63) is 0 Å². The van der Waals surface area contributed by atoms with Crippen LogP contribution >= 0.6 is 0 Å². The van der Waals surface area contributed by atoms with Crippen molar-refractivity contribution in [3.8, 4) is 0 Å². The van der Waals surface area contributed by atoms with Crippen LogP contribution in [-0.2, 0) is 14.3 Å². The van der Waals surface area contributed by atoms with Gasteiger partial charge in [-0.1, -0.05) is 20.8 Å². The van der Waals surface area contributed by atoms with E-state index in [1.54, 1.807) is 0 Å². The highest BCUT2D eigenvalue weighted by Crippen LogP contribution is 2.76. The van der Waals surface area contributed by atoms with Gasteiger partial charge in [0.05, 0.1) is 18.8 Å². The molecule has 3 heteroatoms. The second-order valence-electron chi connectivity index (χ2n) is 7.77. The van der Waals surface area contributed by atoms with E-state index in [-0.39, 0.29) is 22.4 Å². The Morgan fingerprint density at radius 3 is 2.47 bits per heavy atom. The van der Waals surface area contributed by atoms with Gasteiger partial charge >= 0.3 is 5.97 Å². The molecule has 1 heterocycles. The number of esters is 1. The highest BCUT2D eigenvalue weighted by molar-refractivity contribution is 5.69. The SMILES string of the molecule is COC(=O)C[C@@H]1CC[C@@H](C)[C@@]12CC(C)(C)[C@@H]1O[C@@]12C. The summed E-state index contributed by atoms with van der Waals surface area (Å²) in [4.78, 5) is 11.7. The fourth-order valence-corrected chi connectivity index (χ4v) is 5.64. The van der Waals surface area contributed by atoms with Gasteiger partial charge < -0.3 is 9.47 Å². The highest BCUT2D eigenvalue weighted by atomic mass is 16.6. The van der Waals surface area contributed by atoms with Crippen LogP contribution in [0.4, 0.5) is 0 Å². The average molecular weight is 266 g/mol. The molecule has 0 bridgehead atoms. The number of epoxide rings is 1. The van der Waals surface area contributed by atoms with Crippen LogP contribution < -0.4 is 0 Å². The molecule has 0 aromatic carbocycles. The molecule has 3 rings (SSSR count). The van der Waals surface area contributed by atoms with Gasteiger partial charge in [0.25, 0.3) is 0 Å². The Balaban J connectivity index is 1.94. The van der Waals surface area contributed by atoms with Crippen molar-refractivity contribution < 1.29 is 14.3 Å². The molecule has 3 fully saturated rings. The number of hydrogen-bond donors (Lipinski definition) is 0. The van der Waals surface area contributed by atoms with Gasteiger partial charge in [-0.15, -0.1) is 0 Å². The zero-order chi connectivity index (χ0) is 14.1. The molecule has 2 aliphatic carbocycles. The van der Waals surface area contributed by atoms with Gasteiger partial charge in [0.1, 0.15) is 0 Å². The molecular formula is C16H26O3. The maximum absolute atomic E-state index is 11.7. The van der Waals surface area contributed by atoms with Crippen LogP contribution in [0.5, 0.6) is 0 Å². The Bertz CT molecular complexity index is 416. The third-order valence-corrected chi connectivity index (χ3v) is 6.38. The molecule has 0 radical (unpaired) electrons. The Morgan fingerprint density at radius 2 is 2.00 bits per heavy atom. The number of hydrogen-bond acceptors (Lipinski definition) is 3. The Kier molecular flexibility index (Phi) is 2.65. The Hall–Kier alpha value is -0.570. The maximum atomic E-state index is 11.7. The smallest absolute Gasteiger partial charge is 0.305 e. The molecule has 3 nitrogen and oxygen atoms in total. The molecule has 1 saturated heterocycles. The Morgan fingerprint density at radius 1 is 1.32 bits per heavy atom. The van der Waals surface area contributed by atoms with Crippen molar-refractivity contribution in [2.45, 2.75) is 65.1 Å². The van der Waals surface area contributed by atoms with E-state index < -0.39 is 0 Å². The molecule has 1 aliphatic heterocycles. The van der Waals surface area contributed by atoms with Crippen molar-refractivity contribution in [3.63, 3.8) is 0 Å². The summed E-state index contributed by atoms with van der Waals surface area (Å²) in [5.74, 6) is 0.995.